The summed E-state index contributed by atoms with van der Waals surface area (Å²) >= 11 is 0. The van der Waals surface area contributed by atoms with E-state index in [1.54, 1.807) is 0 Å². The van der Waals surface area contributed by atoms with Crippen molar-refractivity contribution in [1.29, 1.82) is 0 Å². The smallest absolute Gasteiger partial charge is 0.222 e. The molecule has 1 saturated heterocycles. The highest BCUT2D eigenvalue weighted by Crippen LogP contribution is 2.12. The van der Waals surface area contributed by atoms with Gasteiger partial charge in [0.1, 0.15) is 0 Å². The van der Waals surface area contributed by atoms with Crippen molar-refractivity contribution >= 4 is 24.4 Å². The summed E-state index contributed by atoms with van der Waals surface area (Å²) < 4.78 is 0. The van der Waals surface area contributed by atoms with E-state index in [2.05, 4.69) is 55.2 Å². The highest BCUT2D eigenvalue weighted by Gasteiger charge is 2.25. The maximum Gasteiger partial charge on any atom is 0.222 e. The van der Waals surface area contributed by atoms with Crippen molar-refractivity contribution in [3.8, 4) is 0 Å². The van der Waals surface area contributed by atoms with Crippen LogP contribution in [0, 0.1) is 0 Å². The van der Waals surface area contributed by atoms with Gasteiger partial charge in [0.2, 0.25) is 5.91 Å². The van der Waals surface area contributed by atoms with Crippen LogP contribution in [-0.4, -0.2) is 47.9 Å². The molecule has 122 valence electrons. The summed E-state index contributed by atoms with van der Waals surface area (Å²) in [7, 11) is 0. The van der Waals surface area contributed by atoms with Crippen LogP contribution in [0.4, 0.5) is 0 Å². The fourth-order valence-corrected chi connectivity index (χ4v) is 2.83. The summed E-state index contributed by atoms with van der Waals surface area (Å²) in [6.07, 6.45) is 5.99. The lowest BCUT2D eigenvalue weighted by Crippen LogP contribution is -2.53. The zero-order chi connectivity index (χ0) is 15.1. The van der Waals surface area contributed by atoms with Gasteiger partial charge in [-0.05, 0) is 18.9 Å². The van der Waals surface area contributed by atoms with E-state index in [4.69, 9.17) is 0 Å². The van der Waals surface area contributed by atoms with Gasteiger partial charge in [0.25, 0.3) is 0 Å². The predicted molar refractivity (Wildman–Crippen MR) is 95.2 cm³/mol. The van der Waals surface area contributed by atoms with E-state index in [-0.39, 0.29) is 12.4 Å². The molecule has 0 N–H and O–H groups in total. The molecule has 0 bridgehead atoms. The molecule has 1 amide bonds. The van der Waals surface area contributed by atoms with Gasteiger partial charge in [0.15, 0.2) is 0 Å². The van der Waals surface area contributed by atoms with Crippen molar-refractivity contribution in [2.45, 2.75) is 32.7 Å². The second-order valence-electron chi connectivity index (χ2n) is 5.76. The summed E-state index contributed by atoms with van der Waals surface area (Å²) in [5, 5.41) is 0. The van der Waals surface area contributed by atoms with Gasteiger partial charge in [-0.3, -0.25) is 9.69 Å². The van der Waals surface area contributed by atoms with Gasteiger partial charge >= 0.3 is 0 Å². The molecule has 0 radical (unpaired) electrons. The van der Waals surface area contributed by atoms with Gasteiger partial charge in [-0.1, -0.05) is 49.4 Å². The number of hydrogen-bond donors (Lipinski definition) is 0. The first-order valence-corrected chi connectivity index (χ1v) is 7.94. The molecular formula is C18H27ClN2O. The van der Waals surface area contributed by atoms with Crippen LogP contribution >= 0.6 is 12.4 Å². The van der Waals surface area contributed by atoms with Crippen molar-refractivity contribution in [1.82, 2.24) is 9.80 Å². The Bertz CT molecular complexity index is 475. The maximum atomic E-state index is 12.0. The summed E-state index contributed by atoms with van der Waals surface area (Å²) in [5.41, 5.74) is 1.24. The number of nitrogens with zero attached hydrogens (tertiary/aromatic N) is 2. The number of halogens is 1. The van der Waals surface area contributed by atoms with Crippen molar-refractivity contribution in [3.63, 3.8) is 0 Å². The van der Waals surface area contributed by atoms with Gasteiger partial charge in [-0.15, -0.1) is 12.4 Å². The minimum absolute atomic E-state index is 0. The Hall–Kier alpha value is -1.32. The number of carbonyl (C=O) groups is 1. The van der Waals surface area contributed by atoms with Crippen LogP contribution in [0.3, 0.4) is 0 Å². The summed E-state index contributed by atoms with van der Waals surface area (Å²) in [6, 6.07) is 10.7. The molecule has 1 atom stereocenters. The summed E-state index contributed by atoms with van der Waals surface area (Å²) in [6.45, 7) is 7.97. The second-order valence-corrected chi connectivity index (χ2v) is 5.76. The van der Waals surface area contributed by atoms with Gasteiger partial charge in [-0.2, -0.15) is 0 Å². The highest BCUT2D eigenvalue weighted by molar-refractivity contribution is 5.85. The van der Waals surface area contributed by atoms with Crippen LogP contribution in [0.5, 0.6) is 0 Å². The van der Waals surface area contributed by atoms with E-state index in [1.165, 1.54) is 5.56 Å². The SMILES string of the molecule is CCCC(=O)N1CCN(CC=Cc2ccccc2)CC1C.Cl. The van der Waals surface area contributed by atoms with Crippen molar-refractivity contribution in [3.05, 3.63) is 42.0 Å². The third kappa shape index (κ3) is 5.47. The van der Waals surface area contributed by atoms with E-state index < -0.39 is 0 Å². The van der Waals surface area contributed by atoms with Crippen molar-refractivity contribution in [2.75, 3.05) is 26.2 Å². The average Bonchev–Trinajstić information content (AvgIpc) is 2.48. The normalized spacial score (nSPS) is 19.2. The van der Waals surface area contributed by atoms with E-state index >= 15 is 0 Å². The topological polar surface area (TPSA) is 23.6 Å². The Balaban J connectivity index is 0.00000242. The number of hydrogen-bond acceptors (Lipinski definition) is 2. The largest absolute Gasteiger partial charge is 0.337 e. The Morgan fingerprint density at radius 2 is 2.00 bits per heavy atom. The Morgan fingerprint density at radius 3 is 2.64 bits per heavy atom. The van der Waals surface area contributed by atoms with E-state index in [1.807, 2.05) is 11.0 Å². The zero-order valence-corrected chi connectivity index (χ0v) is 14.4. The molecule has 2 rings (SSSR count). The highest BCUT2D eigenvalue weighted by atomic mass is 35.5. The minimum atomic E-state index is 0. The molecule has 1 aromatic carbocycles. The van der Waals surface area contributed by atoms with Gasteiger partial charge in [-0.25, -0.2) is 0 Å². The second kappa shape index (κ2) is 9.65. The van der Waals surface area contributed by atoms with Crippen LogP contribution in [0.15, 0.2) is 36.4 Å². The quantitative estimate of drug-likeness (QED) is 0.829. The lowest BCUT2D eigenvalue weighted by molar-refractivity contribution is -0.135. The molecule has 1 heterocycles. The number of piperazine rings is 1. The molecule has 1 aliphatic heterocycles. The predicted octanol–water partition coefficient (Wildman–Crippen LogP) is 3.45. The number of carbonyl (C=O) groups excluding carboxylic acids is 1. The fraction of sp³-hybridized carbons (Fsp3) is 0.500. The average molecular weight is 323 g/mol. The third-order valence-electron chi connectivity index (χ3n) is 3.97. The molecule has 0 aromatic heterocycles. The first-order chi connectivity index (χ1) is 10.2. The standard InChI is InChI=1S/C18H26N2O.ClH/c1-3-8-18(21)20-14-13-19(15-16(20)2)12-7-11-17-9-5-4-6-10-17;/h4-7,9-11,16H,3,8,12-15H2,1-2H3;1H. The van der Waals surface area contributed by atoms with Crippen molar-refractivity contribution < 1.29 is 4.79 Å². The monoisotopic (exact) mass is 322 g/mol. The minimum Gasteiger partial charge on any atom is -0.337 e. The molecule has 3 nitrogen and oxygen atoms in total. The molecule has 1 fully saturated rings. The molecule has 1 aromatic rings. The molecule has 1 aliphatic rings. The number of amides is 1. The van der Waals surface area contributed by atoms with Crippen LogP contribution in [-0.2, 0) is 4.79 Å². The van der Waals surface area contributed by atoms with Gasteiger partial charge < -0.3 is 4.90 Å². The fourth-order valence-electron chi connectivity index (χ4n) is 2.83. The van der Waals surface area contributed by atoms with E-state index in [0.29, 0.717) is 18.4 Å². The molecule has 0 spiro atoms. The van der Waals surface area contributed by atoms with E-state index in [0.717, 1.165) is 32.6 Å². The molecule has 22 heavy (non-hydrogen) atoms. The third-order valence-corrected chi connectivity index (χ3v) is 3.97. The molecule has 0 aliphatic carbocycles. The Labute approximate surface area is 140 Å². The van der Waals surface area contributed by atoms with Crippen LogP contribution in [0.2, 0.25) is 0 Å². The zero-order valence-electron chi connectivity index (χ0n) is 13.6. The van der Waals surface area contributed by atoms with Crippen LogP contribution in [0.25, 0.3) is 6.08 Å². The lowest BCUT2D eigenvalue weighted by Gasteiger charge is -2.39. The molecule has 4 heteroatoms. The molecular weight excluding hydrogens is 296 g/mol. The Morgan fingerprint density at radius 1 is 1.27 bits per heavy atom. The lowest BCUT2D eigenvalue weighted by atomic mass is 10.1. The van der Waals surface area contributed by atoms with Crippen molar-refractivity contribution in [2.24, 2.45) is 0 Å². The molecule has 1 unspecified atom stereocenters. The van der Waals surface area contributed by atoms with Crippen LogP contribution in [0.1, 0.15) is 32.3 Å². The van der Waals surface area contributed by atoms with Crippen LogP contribution < -0.4 is 0 Å². The molecule has 0 saturated carbocycles. The first kappa shape index (κ1) is 18.7. The summed E-state index contributed by atoms with van der Waals surface area (Å²) in [4.78, 5) is 16.5. The number of benzene rings is 1. The Kier molecular flexibility index (Phi) is 8.21. The van der Waals surface area contributed by atoms with Gasteiger partial charge in [0.05, 0.1) is 0 Å². The number of rotatable bonds is 5. The van der Waals surface area contributed by atoms with E-state index in [9.17, 15) is 4.79 Å². The summed E-state index contributed by atoms with van der Waals surface area (Å²) in [5.74, 6) is 0.310. The van der Waals surface area contributed by atoms with Gasteiger partial charge in [0, 0.05) is 38.6 Å². The first-order valence-electron chi connectivity index (χ1n) is 7.94. The maximum absolute atomic E-state index is 12.0.